The molecule has 0 aliphatic heterocycles. The zero-order valence-electron chi connectivity index (χ0n) is 11.4. The van der Waals surface area contributed by atoms with Gasteiger partial charge in [-0.2, -0.15) is 0 Å². The van der Waals surface area contributed by atoms with Crippen LogP contribution in [0, 0.1) is 0 Å². The maximum Gasteiger partial charge on any atom is 0.320 e. The minimum absolute atomic E-state index is 0.283. The van der Waals surface area contributed by atoms with Gasteiger partial charge in [-0.15, -0.1) is 0 Å². The summed E-state index contributed by atoms with van der Waals surface area (Å²) in [6, 6.07) is 15.8. The Balaban J connectivity index is 2.12. The van der Waals surface area contributed by atoms with Crippen molar-refractivity contribution in [3.8, 4) is 0 Å². The summed E-state index contributed by atoms with van der Waals surface area (Å²) in [5.74, 6) is -0.598. The summed E-state index contributed by atoms with van der Waals surface area (Å²) in [5.41, 5.74) is 13.9. The molecule has 5 heteroatoms. The third kappa shape index (κ3) is 4.15. The van der Waals surface area contributed by atoms with Gasteiger partial charge in [-0.3, -0.25) is 4.79 Å². The normalized spacial score (nSPS) is 12.9. The maximum atomic E-state index is 10.7. The van der Waals surface area contributed by atoms with Crippen molar-refractivity contribution in [1.29, 1.82) is 0 Å². The number of carboxylic acid groups (broad SMARTS) is 1. The van der Waals surface area contributed by atoms with E-state index in [9.17, 15) is 4.79 Å². The number of nitrogens with zero attached hydrogens (tertiary/aromatic N) is 1. The average Bonchev–Trinajstić information content (AvgIpc) is 2.48. The largest absolute Gasteiger partial charge is 0.480 e. The molecule has 0 amide bonds. The Morgan fingerprint density at radius 2 is 1.71 bits per heavy atom. The Labute approximate surface area is 122 Å². The summed E-state index contributed by atoms with van der Waals surface area (Å²) in [6.45, 7) is 0. The van der Waals surface area contributed by atoms with Crippen LogP contribution in [-0.2, 0) is 11.2 Å². The van der Waals surface area contributed by atoms with Gasteiger partial charge >= 0.3 is 5.97 Å². The minimum Gasteiger partial charge on any atom is -0.480 e. The van der Waals surface area contributed by atoms with Gasteiger partial charge in [0.25, 0.3) is 0 Å². The Hall–Kier alpha value is -2.66. The predicted molar refractivity (Wildman–Crippen MR) is 82.6 cm³/mol. The first-order valence-electron chi connectivity index (χ1n) is 6.53. The molecule has 2 aromatic rings. The molecule has 5 nitrogen and oxygen atoms in total. The van der Waals surface area contributed by atoms with E-state index < -0.39 is 12.0 Å². The maximum absolute atomic E-state index is 10.7. The van der Waals surface area contributed by atoms with E-state index in [1.54, 1.807) is 0 Å². The second-order valence-corrected chi connectivity index (χ2v) is 4.68. The van der Waals surface area contributed by atoms with Crippen LogP contribution in [0.3, 0.4) is 0 Å². The van der Waals surface area contributed by atoms with Crippen LogP contribution in [0.25, 0.3) is 0 Å². The van der Waals surface area contributed by atoms with E-state index in [2.05, 4.69) is 4.99 Å². The highest BCUT2D eigenvalue weighted by atomic mass is 16.4. The number of carbonyl (C=O) groups is 1. The van der Waals surface area contributed by atoms with E-state index in [-0.39, 0.29) is 6.42 Å². The number of rotatable bonds is 5. The number of benzene rings is 2. The monoisotopic (exact) mass is 283 g/mol. The Morgan fingerprint density at radius 1 is 1.10 bits per heavy atom. The molecule has 5 N–H and O–H groups in total. The number of carboxylic acids is 1. The number of aliphatic imine (C=N–C) groups is 1. The third-order valence-electron chi connectivity index (χ3n) is 3.03. The van der Waals surface area contributed by atoms with Crippen molar-refractivity contribution in [3.63, 3.8) is 0 Å². The summed E-state index contributed by atoms with van der Waals surface area (Å²) >= 11 is 0. The van der Waals surface area contributed by atoms with Gasteiger partial charge in [0.1, 0.15) is 11.9 Å². The molecule has 21 heavy (non-hydrogen) atoms. The van der Waals surface area contributed by atoms with Gasteiger partial charge in [-0.05, 0) is 24.1 Å². The highest BCUT2D eigenvalue weighted by molar-refractivity contribution is 5.99. The second-order valence-electron chi connectivity index (χ2n) is 4.68. The summed E-state index contributed by atoms with van der Waals surface area (Å²) in [6.07, 6.45) is 0.283. The van der Waals surface area contributed by atoms with E-state index in [1.165, 1.54) is 0 Å². The van der Waals surface area contributed by atoms with Crippen LogP contribution in [-0.4, -0.2) is 23.0 Å². The van der Waals surface area contributed by atoms with E-state index in [4.69, 9.17) is 16.6 Å². The Kier molecular flexibility index (Phi) is 4.68. The first-order valence-corrected chi connectivity index (χ1v) is 6.53. The van der Waals surface area contributed by atoms with Gasteiger partial charge in [0.15, 0.2) is 0 Å². The van der Waals surface area contributed by atoms with Crippen LogP contribution >= 0.6 is 0 Å². The minimum atomic E-state index is -1.01. The van der Waals surface area contributed by atoms with Gasteiger partial charge in [-0.25, -0.2) is 4.99 Å². The van der Waals surface area contributed by atoms with Gasteiger partial charge < -0.3 is 16.6 Å². The molecule has 0 aromatic heterocycles. The van der Waals surface area contributed by atoms with Crippen molar-refractivity contribution in [3.05, 3.63) is 65.7 Å². The molecule has 0 unspecified atom stereocenters. The number of aliphatic carboxylic acids is 1. The van der Waals surface area contributed by atoms with Gasteiger partial charge in [0, 0.05) is 5.56 Å². The molecule has 2 rings (SSSR count). The van der Waals surface area contributed by atoms with E-state index >= 15 is 0 Å². The number of nitrogens with two attached hydrogens (primary N) is 2. The Morgan fingerprint density at radius 3 is 2.29 bits per heavy atom. The van der Waals surface area contributed by atoms with Crippen molar-refractivity contribution < 1.29 is 9.90 Å². The lowest BCUT2D eigenvalue weighted by Crippen LogP contribution is -2.32. The quantitative estimate of drug-likeness (QED) is 0.574. The van der Waals surface area contributed by atoms with Crippen molar-refractivity contribution in [2.45, 2.75) is 12.5 Å². The van der Waals surface area contributed by atoms with Crippen LogP contribution in [0.2, 0.25) is 0 Å². The van der Waals surface area contributed by atoms with Crippen LogP contribution in [0.5, 0.6) is 0 Å². The van der Waals surface area contributed by atoms with E-state index in [0.717, 1.165) is 16.8 Å². The number of hydrogen-bond acceptors (Lipinski definition) is 3. The molecule has 2 aromatic carbocycles. The fourth-order valence-corrected chi connectivity index (χ4v) is 1.86. The molecule has 0 saturated carbocycles. The van der Waals surface area contributed by atoms with Crippen molar-refractivity contribution in [2.75, 3.05) is 0 Å². The zero-order chi connectivity index (χ0) is 15.2. The molecular weight excluding hydrogens is 266 g/mol. The van der Waals surface area contributed by atoms with Gasteiger partial charge in [0.2, 0.25) is 0 Å². The lowest BCUT2D eigenvalue weighted by Gasteiger charge is -2.07. The molecule has 0 aliphatic carbocycles. The fourth-order valence-electron chi connectivity index (χ4n) is 1.86. The lowest BCUT2D eigenvalue weighted by molar-refractivity contribution is -0.138. The van der Waals surface area contributed by atoms with Gasteiger partial charge in [0.05, 0.1) is 5.69 Å². The molecule has 0 spiro atoms. The highest BCUT2D eigenvalue weighted by Gasteiger charge is 2.11. The van der Waals surface area contributed by atoms with E-state index in [0.29, 0.717) is 5.84 Å². The lowest BCUT2D eigenvalue weighted by atomic mass is 10.0. The van der Waals surface area contributed by atoms with E-state index in [1.807, 2.05) is 54.6 Å². The van der Waals surface area contributed by atoms with Crippen molar-refractivity contribution in [2.24, 2.45) is 16.5 Å². The number of hydrogen-bond donors (Lipinski definition) is 3. The van der Waals surface area contributed by atoms with Crippen LogP contribution in [0.1, 0.15) is 11.1 Å². The zero-order valence-corrected chi connectivity index (χ0v) is 11.4. The first-order chi connectivity index (χ1) is 10.1. The predicted octanol–water partition coefficient (Wildman–Crippen LogP) is 1.68. The second kappa shape index (κ2) is 6.67. The molecule has 1 atom stereocenters. The molecule has 0 saturated heterocycles. The standard InChI is InChI=1S/C16H17N3O2/c17-14(16(20)21)10-11-6-8-12(9-7-11)15(18)19-13-4-2-1-3-5-13/h1-9,14H,10,17H2,(H2,18,19)(H,20,21)/t14-/m0/s1. The summed E-state index contributed by atoms with van der Waals surface area (Å²) in [7, 11) is 0. The average molecular weight is 283 g/mol. The van der Waals surface area contributed by atoms with Gasteiger partial charge in [-0.1, -0.05) is 42.5 Å². The SMILES string of the molecule is NC(=Nc1ccccc1)c1ccc(C[C@H](N)C(=O)O)cc1. The summed E-state index contributed by atoms with van der Waals surface area (Å²) in [4.78, 5) is 15.0. The molecular formula is C16H17N3O2. The van der Waals surface area contributed by atoms with Crippen LogP contribution in [0.4, 0.5) is 5.69 Å². The smallest absolute Gasteiger partial charge is 0.320 e. The van der Waals surface area contributed by atoms with Crippen molar-refractivity contribution >= 4 is 17.5 Å². The topological polar surface area (TPSA) is 102 Å². The molecule has 0 fully saturated rings. The molecule has 0 bridgehead atoms. The summed E-state index contributed by atoms with van der Waals surface area (Å²) < 4.78 is 0. The third-order valence-corrected chi connectivity index (χ3v) is 3.03. The molecule has 0 aliphatic rings. The summed E-state index contributed by atoms with van der Waals surface area (Å²) in [5, 5.41) is 8.79. The van der Waals surface area contributed by atoms with Crippen LogP contribution in [0.15, 0.2) is 59.6 Å². The number of amidine groups is 1. The fraction of sp³-hybridized carbons (Fsp3) is 0.125. The number of para-hydroxylation sites is 1. The molecule has 0 radical (unpaired) electrons. The molecule has 108 valence electrons. The first kappa shape index (κ1) is 14.7. The Bertz CT molecular complexity index is 636. The highest BCUT2D eigenvalue weighted by Crippen LogP contribution is 2.12. The van der Waals surface area contributed by atoms with Crippen LogP contribution < -0.4 is 11.5 Å². The molecule has 0 heterocycles. The van der Waals surface area contributed by atoms with Crippen molar-refractivity contribution in [1.82, 2.24) is 0 Å².